The van der Waals surface area contributed by atoms with E-state index < -0.39 is 0 Å². The van der Waals surface area contributed by atoms with Gasteiger partial charge in [0, 0.05) is 27.0 Å². The van der Waals surface area contributed by atoms with E-state index in [1.165, 1.54) is 33.4 Å². The van der Waals surface area contributed by atoms with Gasteiger partial charge in [0.05, 0.1) is 39.8 Å². The van der Waals surface area contributed by atoms with Gasteiger partial charge < -0.3 is 4.40 Å². The highest BCUT2D eigenvalue weighted by molar-refractivity contribution is 6.24. The van der Waals surface area contributed by atoms with Crippen molar-refractivity contribution in [2.45, 2.75) is 19.3 Å². The normalized spacial score (nSPS) is 13.7. The Hall–Kier alpha value is -5.12. The number of hydrogen-bond donors (Lipinski definition) is 0. The van der Waals surface area contributed by atoms with Gasteiger partial charge in [-0.1, -0.05) is 68.4 Å². The van der Waals surface area contributed by atoms with Crippen LogP contribution < -0.4 is 0 Å². The van der Waals surface area contributed by atoms with Gasteiger partial charge in [-0.05, 0) is 69.8 Å². The van der Waals surface area contributed by atoms with Crippen LogP contribution in [0.2, 0.25) is 0 Å². The van der Waals surface area contributed by atoms with E-state index in [9.17, 15) is 10.5 Å². The SMILES string of the molecule is CC1(C)c2ccccc2-c2c(-c3cc4c5ccc(C#N)cc5n5c6cc(C#N)ccc6c(c3)c45)cccc21. The number of benzene rings is 5. The van der Waals surface area contributed by atoms with E-state index in [1.807, 2.05) is 24.3 Å². The number of nitrogens with zero attached hydrogens (tertiary/aromatic N) is 3. The van der Waals surface area contributed by atoms with Gasteiger partial charge in [-0.15, -0.1) is 0 Å². The fourth-order valence-corrected chi connectivity index (χ4v) is 6.84. The van der Waals surface area contributed by atoms with Crippen molar-refractivity contribution in [2.75, 3.05) is 0 Å². The molecule has 1 aliphatic rings. The molecule has 3 nitrogen and oxygen atoms in total. The molecule has 8 rings (SSSR count). The molecule has 0 amide bonds. The minimum Gasteiger partial charge on any atom is -0.308 e. The maximum atomic E-state index is 9.63. The zero-order valence-corrected chi connectivity index (χ0v) is 21.0. The van der Waals surface area contributed by atoms with Crippen LogP contribution >= 0.6 is 0 Å². The number of fused-ring (bicyclic) bond motifs is 9. The number of hydrogen-bond acceptors (Lipinski definition) is 2. The molecule has 0 atom stereocenters. The molecule has 5 aromatic carbocycles. The summed E-state index contributed by atoms with van der Waals surface area (Å²) >= 11 is 0. The molecule has 176 valence electrons. The van der Waals surface area contributed by atoms with Crippen LogP contribution in [-0.4, -0.2) is 4.40 Å². The number of aromatic nitrogens is 1. The summed E-state index contributed by atoms with van der Waals surface area (Å²) in [5.41, 5.74) is 12.1. The first-order chi connectivity index (χ1) is 18.5. The summed E-state index contributed by atoms with van der Waals surface area (Å²) in [6, 6.07) is 36.5. The molecule has 0 unspecified atom stereocenters. The Bertz CT molecular complexity index is 2130. The molecule has 0 saturated carbocycles. The van der Waals surface area contributed by atoms with Crippen LogP contribution in [0.25, 0.3) is 60.3 Å². The summed E-state index contributed by atoms with van der Waals surface area (Å²) < 4.78 is 2.23. The van der Waals surface area contributed by atoms with Gasteiger partial charge in [-0.3, -0.25) is 0 Å². The van der Waals surface area contributed by atoms with Crippen molar-refractivity contribution in [1.29, 1.82) is 10.5 Å². The van der Waals surface area contributed by atoms with Crippen molar-refractivity contribution in [1.82, 2.24) is 4.40 Å². The van der Waals surface area contributed by atoms with Gasteiger partial charge in [0.1, 0.15) is 0 Å². The zero-order valence-electron chi connectivity index (χ0n) is 21.0. The van der Waals surface area contributed by atoms with Crippen LogP contribution in [0, 0.1) is 22.7 Å². The first kappa shape index (κ1) is 21.0. The maximum absolute atomic E-state index is 9.63. The average molecular weight is 484 g/mol. The molecular weight excluding hydrogens is 462 g/mol. The Morgan fingerprint density at radius 1 is 0.605 bits per heavy atom. The van der Waals surface area contributed by atoms with Crippen molar-refractivity contribution in [3.63, 3.8) is 0 Å². The molecule has 2 heterocycles. The van der Waals surface area contributed by atoms with Gasteiger partial charge >= 0.3 is 0 Å². The molecule has 2 aromatic heterocycles. The summed E-state index contributed by atoms with van der Waals surface area (Å²) in [5, 5.41) is 23.8. The van der Waals surface area contributed by atoms with E-state index in [0.717, 1.165) is 38.1 Å². The van der Waals surface area contributed by atoms with E-state index in [2.05, 4.69) is 97.1 Å². The van der Waals surface area contributed by atoms with Crippen molar-refractivity contribution < 1.29 is 0 Å². The molecule has 0 aliphatic heterocycles. The van der Waals surface area contributed by atoms with Crippen molar-refractivity contribution in [3.05, 3.63) is 113 Å². The second-order valence-electron chi connectivity index (χ2n) is 10.8. The third kappa shape index (κ3) is 2.46. The highest BCUT2D eigenvalue weighted by Gasteiger charge is 2.36. The minimum atomic E-state index is -0.0627. The lowest BCUT2D eigenvalue weighted by molar-refractivity contribution is 0.660. The van der Waals surface area contributed by atoms with Gasteiger partial charge in [-0.2, -0.15) is 10.5 Å². The van der Waals surface area contributed by atoms with Gasteiger partial charge in [-0.25, -0.2) is 0 Å². The van der Waals surface area contributed by atoms with Crippen molar-refractivity contribution >= 4 is 38.1 Å². The van der Waals surface area contributed by atoms with Crippen LogP contribution in [0.4, 0.5) is 0 Å². The minimum absolute atomic E-state index is 0.0627. The van der Waals surface area contributed by atoms with Crippen LogP contribution in [0.1, 0.15) is 36.1 Å². The molecule has 3 heteroatoms. The molecule has 1 aliphatic carbocycles. The van der Waals surface area contributed by atoms with Crippen LogP contribution in [0.5, 0.6) is 0 Å². The standard InChI is InChI=1S/C35H21N3/c1-35(2)29-8-4-3-6-26(29)33-23(7-5-9-30(33)35)22-16-27-24-12-10-20(18-36)14-31(24)38-32-15-21(19-37)11-13-25(32)28(17-22)34(27)38/h3-17H,1-2H3. The molecule has 0 N–H and O–H groups in total. The Balaban J connectivity index is 1.54. The quantitative estimate of drug-likeness (QED) is 0.235. The zero-order chi connectivity index (χ0) is 25.8. The van der Waals surface area contributed by atoms with E-state index in [-0.39, 0.29) is 5.41 Å². The van der Waals surface area contributed by atoms with Crippen LogP contribution in [-0.2, 0) is 5.41 Å². The lowest BCUT2D eigenvalue weighted by atomic mass is 9.82. The molecule has 0 fully saturated rings. The molecule has 0 saturated heterocycles. The summed E-state index contributed by atoms with van der Waals surface area (Å²) in [6.07, 6.45) is 0. The Morgan fingerprint density at radius 3 is 1.82 bits per heavy atom. The Kier molecular flexibility index (Phi) is 3.87. The van der Waals surface area contributed by atoms with E-state index in [4.69, 9.17) is 0 Å². The number of rotatable bonds is 1. The molecule has 0 spiro atoms. The monoisotopic (exact) mass is 483 g/mol. The van der Waals surface area contributed by atoms with E-state index in [0.29, 0.717) is 11.1 Å². The van der Waals surface area contributed by atoms with Crippen LogP contribution in [0.15, 0.2) is 91.0 Å². The van der Waals surface area contributed by atoms with Crippen molar-refractivity contribution in [2.24, 2.45) is 0 Å². The summed E-state index contributed by atoms with van der Waals surface area (Å²) in [5.74, 6) is 0. The largest absolute Gasteiger partial charge is 0.308 e. The fourth-order valence-electron chi connectivity index (χ4n) is 6.84. The third-order valence-electron chi connectivity index (χ3n) is 8.57. The van der Waals surface area contributed by atoms with E-state index >= 15 is 0 Å². The fraction of sp³-hybridized carbons (Fsp3) is 0.0857. The molecule has 38 heavy (non-hydrogen) atoms. The summed E-state index contributed by atoms with van der Waals surface area (Å²) in [4.78, 5) is 0. The first-order valence-corrected chi connectivity index (χ1v) is 12.8. The first-order valence-electron chi connectivity index (χ1n) is 12.8. The Morgan fingerprint density at radius 2 is 1.18 bits per heavy atom. The molecular formula is C35H21N3. The number of nitriles is 2. The molecule has 0 bridgehead atoms. The van der Waals surface area contributed by atoms with E-state index in [1.54, 1.807) is 0 Å². The summed E-state index contributed by atoms with van der Waals surface area (Å²) in [7, 11) is 0. The molecule has 7 aromatic rings. The van der Waals surface area contributed by atoms with Gasteiger partial charge in [0.25, 0.3) is 0 Å². The average Bonchev–Trinajstić information content (AvgIpc) is 3.54. The third-order valence-corrected chi connectivity index (χ3v) is 8.57. The predicted octanol–water partition coefficient (Wildman–Crippen LogP) is 8.55. The van der Waals surface area contributed by atoms with Crippen LogP contribution in [0.3, 0.4) is 0 Å². The summed E-state index contributed by atoms with van der Waals surface area (Å²) in [6.45, 7) is 4.63. The van der Waals surface area contributed by atoms with Crippen molar-refractivity contribution in [3.8, 4) is 34.4 Å². The second-order valence-corrected chi connectivity index (χ2v) is 10.8. The predicted molar refractivity (Wildman–Crippen MR) is 154 cm³/mol. The highest BCUT2D eigenvalue weighted by atomic mass is 14.9. The second kappa shape index (κ2) is 7.00. The maximum Gasteiger partial charge on any atom is 0.0992 e. The smallest absolute Gasteiger partial charge is 0.0992 e. The highest BCUT2D eigenvalue weighted by Crippen LogP contribution is 2.52. The topological polar surface area (TPSA) is 52.0 Å². The van der Waals surface area contributed by atoms with Gasteiger partial charge in [0.15, 0.2) is 0 Å². The van der Waals surface area contributed by atoms with Gasteiger partial charge in [0.2, 0.25) is 0 Å². The lowest BCUT2D eigenvalue weighted by Crippen LogP contribution is -2.14. The lowest BCUT2D eigenvalue weighted by Gasteiger charge is -2.21. The Labute approximate surface area is 219 Å². The molecule has 0 radical (unpaired) electrons.